The fourth-order valence-corrected chi connectivity index (χ4v) is 4.50. The Morgan fingerprint density at radius 2 is 1.91 bits per heavy atom. The van der Waals surface area contributed by atoms with Crippen molar-refractivity contribution < 1.29 is 13.9 Å². The Balaban J connectivity index is 1.17. The fourth-order valence-electron chi connectivity index (χ4n) is 4.50. The molecule has 4 heterocycles. The van der Waals surface area contributed by atoms with E-state index >= 15 is 0 Å². The first kappa shape index (κ1) is 22.2. The smallest absolute Gasteiger partial charge is 0.251 e. The van der Waals surface area contributed by atoms with Crippen LogP contribution in [0, 0.1) is 6.92 Å². The van der Waals surface area contributed by atoms with E-state index < -0.39 is 0 Å². The predicted octanol–water partition coefficient (Wildman–Crippen LogP) is 4.77. The zero-order chi connectivity index (χ0) is 23.3. The number of benzene rings is 1. The van der Waals surface area contributed by atoms with E-state index in [-0.39, 0.29) is 11.9 Å². The molecule has 1 aromatic carbocycles. The molecule has 7 nitrogen and oxygen atoms in total. The van der Waals surface area contributed by atoms with Crippen molar-refractivity contribution in [1.29, 1.82) is 0 Å². The molecule has 176 valence electrons. The number of piperidine rings is 1. The number of nitrogens with one attached hydrogen (secondary N) is 1. The molecule has 1 N–H and O–H groups in total. The number of aryl methyl sites for hydroxylation is 1. The van der Waals surface area contributed by atoms with Gasteiger partial charge in [0.1, 0.15) is 23.8 Å². The number of furan rings is 1. The number of fused-ring (bicyclic) bond motifs is 1. The highest BCUT2D eigenvalue weighted by atomic mass is 16.5. The average Bonchev–Trinajstić information content (AvgIpc) is 3.53. The summed E-state index contributed by atoms with van der Waals surface area (Å²) in [5, 5.41) is 3.09. The van der Waals surface area contributed by atoms with Gasteiger partial charge < -0.3 is 18.9 Å². The minimum absolute atomic E-state index is 0.0519. The lowest BCUT2D eigenvalue weighted by Crippen LogP contribution is -2.40. The lowest BCUT2D eigenvalue weighted by Gasteiger charge is -2.33. The van der Waals surface area contributed by atoms with Gasteiger partial charge in [0.2, 0.25) is 0 Å². The number of hydrogen-bond donors (Lipinski definition) is 1. The van der Waals surface area contributed by atoms with Crippen molar-refractivity contribution in [2.24, 2.45) is 0 Å². The molecule has 1 saturated heterocycles. The van der Waals surface area contributed by atoms with Crippen molar-refractivity contribution in [2.75, 3.05) is 19.6 Å². The molecule has 1 unspecified atom stereocenters. The quantitative estimate of drug-likeness (QED) is 0.412. The van der Waals surface area contributed by atoms with Gasteiger partial charge in [-0.1, -0.05) is 12.5 Å². The van der Waals surface area contributed by atoms with Gasteiger partial charge >= 0.3 is 0 Å². The van der Waals surface area contributed by atoms with Gasteiger partial charge in [0.05, 0.1) is 18.0 Å². The number of amides is 1. The molecule has 0 bridgehead atoms. The van der Waals surface area contributed by atoms with Crippen LogP contribution in [0.3, 0.4) is 0 Å². The van der Waals surface area contributed by atoms with Crippen molar-refractivity contribution in [3.05, 3.63) is 89.8 Å². The van der Waals surface area contributed by atoms with E-state index in [1.165, 1.54) is 24.8 Å². The highest BCUT2D eigenvalue weighted by Crippen LogP contribution is 2.24. The number of carbonyl (C=O) groups is 1. The van der Waals surface area contributed by atoms with Crippen molar-refractivity contribution in [3.8, 4) is 5.75 Å². The molecule has 3 aromatic heterocycles. The van der Waals surface area contributed by atoms with Crippen LogP contribution in [-0.2, 0) is 6.61 Å². The molecular formula is C27H30N4O3. The Bertz CT molecular complexity index is 1220. The minimum Gasteiger partial charge on any atom is -0.487 e. The summed E-state index contributed by atoms with van der Waals surface area (Å²) in [6, 6.07) is 15.2. The van der Waals surface area contributed by atoms with Gasteiger partial charge in [0.15, 0.2) is 0 Å². The summed E-state index contributed by atoms with van der Waals surface area (Å²) in [6.45, 7) is 4.99. The summed E-state index contributed by atoms with van der Waals surface area (Å²) < 4.78 is 13.6. The lowest BCUT2D eigenvalue weighted by molar-refractivity contribution is 0.0914. The Morgan fingerprint density at radius 1 is 1.09 bits per heavy atom. The second-order valence-corrected chi connectivity index (χ2v) is 8.86. The first-order valence-electron chi connectivity index (χ1n) is 11.9. The zero-order valence-corrected chi connectivity index (χ0v) is 19.4. The molecule has 34 heavy (non-hydrogen) atoms. The number of imidazole rings is 1. The van der Waals surface area contributed by atoms with Crippen LogP contribution in [-0.4, -0.2) is 39.8 Å². The largest absolute Gasteiger partial charge is 0.487 e. The number of nitrogens with zero attached hydrogens (tertiary/aromatic N) is 3. The van der Waals surface area contributed by atoms with Crippen LogP contribution in [0.2, 0.25) is 0 Å². The third-order valence-corrected chi connectivity index (χ3v) is 6.31. The van der Waals surface area contributed by atoms with E-state index in [0.717, 1.165) is 30.2 Å². The van der Waals surface area contributed by atoms with Crippen LogP contribution in [0.5, 0.6) is 5.75 Å². The Labute approximate surface area is 199 Å². The molecule has 0 aliphatic carbocycles. The second kappa shape index (κ2) is 10.1. The first-order valence-corrected chi connectivity index (χ1v) is 11.9. The normalized spacial score (nSPS) is 15.3. The number of likely N-dealkylation sites (tertiary alicyclic amines) is 1. The molecule has 0 radical (unpaired) electrons. The molecule has 1 atom stereocenters. The molecule has 1 amide bonds. The van der Waals surface area contributed by atoms with Crippen LogP contribution in [0.1, 0.15) is 52.7 Å². The van der Waals surface area contributed by atoms with E-state index in [9.17, 15) is 4.79 Å². The predicted molar refractivity (Wildman–Crippen MR) is 130 cm³/mol. The number of rotatable bonds is 8. The third-order valence-electron chi connectivity index (χ3n) is 6.31. The maximum Gasteiger partial charge on any atom is 0.251 e. The maximum absolute atomic E-state index is 12.8. The van der Waals surface area contributed by atoms with E-state index in [2.05, 4.69) is 22.1 Å². The SMILES string of the molecule is Cc1ccc2nc(COc3ccc(C(=O)NCC(c4ccco4)N4CCCCC4)cc3)cn2c1. The number of ether oxygens (including phenoxy) is 1. The maximum atomic E-state index is 12.8. The van der Waals surface area contributed by atoms with E-state index in [1.54, 1.807) is 18.4 Å². The van der Waals surface area contributed by atoms with Gasteiger partial charge in [0.25, 0.3) is 5.91 Å². The highest BCUT2D eigenvalue weighted by Gasteiger charge is 2.25. The molecule has 7 heteroatoms. The van der Waals surface area contributed by atoms with E-state index in [4.69, 9.17) is 9.15 Å². The molecule has 1 aliphatic rings. The van der Waals surface area contributed by atoms with Crippen molar-refractivity contribution in [1.82, 2.24) is 19.6 Å². The van der Waals surface area contributed by atoms with Crippen LogP contribution in [0.25, 0.3) is 5.65 Å². The van der Waals surface area contributed by atoms with Crippen molar-refractivity contribution in [3.63, 3.8) is 0 Å². The second-order valence-electron chi connectivity index (χ2n) is 8.86. The van der Waals surface area contributed by atoms with Crippen LogP contribution < -0.4 is 10.1 Å². The molecule has 1 fully saturated rings. The van der Waals surface area contributed by atoms with Crippen molar-refractivity contribution >= 4 is 11.6 Å². The lowest BCUT2D eigenvalue weighted by atomic mass is 10.1. The third kappa shape index (κ3) is 5.15. The fraction of sp³-hybridized carbons (Fsp3) is 0.333. The van der Waals surface area contributed by atoms with Gasteiger partial charge in [-0.05, 0) is 80.9 Å². The number of hydrogen-bond acceptors (Lipinski definition) is 5. The van der Waals surface area contributed by atoms with Gasteiger partial charge in [0, 0.05) is 24.5 Å². The number of aromatic nitrogens is 2. The summed E-state index contributed by atoms with van der Waals surface area (Å²) in [7, 11) is 0. The van der Waals surface area contributed by atoms with Gasteiger partial charge in [-0.2, -0.15) is 0 Å². The standard InChI is InChI=1S/C27H30N4O3/c1-20-7-12-26-29-22(18-31(26)17-20)19-34-23-10-8-21(9-11-23)27(32)28-16-24(25-6-5-15-33-25)30-13-3-2-4-14-30/h5-12,15,17-18,24H,2-4,13-14,16,19H2,1H3,(H,28,32). The van der Waals surface area contributed by atoms with E-state index in [0.29, 0.717) is 24.5 Å². The molecule has 4 aromatic rings. The summed E-state index contributed by atoms with van der Waals surface area (Å²) in [6.07, 6.45) is 9.34. The van der Waals surface area contributed by atoms with Gasteiger partial charge in [-0.15, -0.1) is 0 Å². The van der Waals surface area contributed by atoms with Gasteiger partial charge in [-0.25, -0.2) is 4.98 Å². The van der Waals surface area contributed by atoms with Crippen LogP contribution in [0.4, 0.5) is 0 Å². The number of carbonyl (C=O) groups excluding carboxylic acids is 1. The summed E-state index contributed by atoms with van der Waals surface area (Å²) >= 11 is 0. The first-order chi connectivity index (χ1) is 16.7. The van der Waals surface area contributed by atoms with Crippen LogP contribution >= 0.6 is 0 Å². The molecule has 0 saturated carbocycles. The van der Waals surface area contributed by atoms with E-state index in [1.807, 2.05) is 53.2 Å². The van der Waals surface area contributed by atoms with Crippen molar-refractivity contribution in [2.45, 2.75) is 38.8 Å². The highest BCUT2D eigenvalue weighted by molar-refractivity contribution is 5.94. The number of pyridine rings is 1. The molecule has 5 rings (SSSR count). The Morgan fingerprint density at radius 3 is 2.68 bits per heavy atom. The summed E-state index contributed by atoms with van der Waals surface area (Å²) in [5.74, 6) is 1.50. The average molecular weight is 459 g/mol. The topological polar surface area (TPSA) is 72.0 Å². The Hall–Kier alpha value is -3.58. The van der Waals surface area contributed by atoms with Gasteiger partial charge in [-0.3, -0.25) is 9.69 Å². The molecule has 0 spiro atoms. The minimum atomic E-state index is -0.101. The molecular weight excluding hydrogens is 428 g/mol. The zero-order valence-electron chi connectivity index (χ0n) is 19.4. The summed E-state index contributed by atoms with van der Waals surface area (Å²) in [4.78, 5) is 19.8. The van der Waals surface area contributed by atoms with Crippen LogP contribution in [0.15, 0.2) is 71.6 Å². The monoisotopic (exact) mass is 458 g/mol. The Kier molecular flexibility index (Phi) is 6.62. The molecule has 1 aliphatic heterocycles. The summed E-state index contributed by atoms with van der Waals surface area (Å²) in [5.41, 5.74) is 3.53.